The fraction of sp³-hybridized carbons (Fsp3) is 0.407. The number of likely N-dealkylation sites (tertiary alicyclic amines) is 1. The molecule has 41 heavy (non-hydrogen) atoms. The number of carbonyl (C=O) groups excluding carboxylic acids is 2. The second-order valence-electron chi connectivity index (χ2n) is 10.1. The van der Waals surface area contributed by atoms with Gasteiger partial charge in [0, 0.05) is 43.8 Å². The molecule has 1 aliphatic carbocycles. The third-order valence-electron chi connectivity index (χ3n) is 7.17. The summed E-state index contributed by atoms with van der Waals surface area (Å²) < 4.78 is 36.9. The number of amides is 2. The molecule has 14 heteroatoms. The number of piperidine rings is 1. The molecule has 3 N–H and O–H groups in total. The molecule has 3 aromatic rings. The molecule has 3 heterocycles. The van der Waals surface area contributed by atoms with Crippen LogP contribution in [0.2, 0.25) is 0 Å². The van der Waals surface area contributed by atoms with E-state index >= 15 is 0 Å². The van der Waals surface area contributed by atoms with Gasteiger partial charge in [-0.1, -0.05) is 0 Å². The average molecular weight is 568 g/mol. The van der Waals surface area contributed by atoms with Crippen molar-refractivity contribution in [1.82, 2.24) is 24.6 Å². The number of aliphatic hydroxyl groups excluding tert-OH is 2. The predicted molar refractivity (Wildman–Crippen MR) is 139 cm³/mol. The maximum Gasteiger partial charge on any atom is 0.301 e. The summed E-state index contributed by atoms with van der Waals surface area (Å²) in [5.74, 6) is -4.50. The molecule has 2 unspecified atom stereocenters. The zero-order valence-corrected chi connectivity index (χ0v) is 21.9. The lowest BCUT2D eigenvalue weighted by Crippen LogP contribution is -2.57. The lowest BCUT2D eigenvalue weighted by atomic mass is 10.0. The van der Waals surface area contributed by atoms with Crippen LogP contribution in [-0.4, -0.2) is 84.5 Å². The van der Waals surface area contributed by atoms with E-state index in [1.165, 1.54) is 18.5 Å². The number of anilines is 1. The molecule has 2 aromatic heterocycles. The van der Waals surface area contributed by atoms with Crippen LogP contribution in [0, 0.1) is 17.2 Å². The molecule has 2 fully saturated rings. The number of hydrogen-bond acceptors (Lipinski definition) is 9. The highest BCUT2D eigenvalue weighted by Gasteiger charge is 2.48. The Balaban J connectivity index is 1.25. The molecule has 1 aromatic carbocycles. The largest absolute Gasteiger partial charge is 0.483 e. The van der Waals surface area contributed by atoms with Crippen molar-refractivity contribution in [2.45, 2.75) is 36.9 Å². The fourth-order valence-electron chi connectivity index (χ4n) is 4.86. The molecule has 1 saturated heterocycles. The summed E-state index contributed by atoms with van der Waals surface area (Å²) in [6.45, 7) is -1.98. The number of aromatic nitrogens is 4. The number of halogens is 2. The fourth-order valence-corrected chi connectivity index (χ4v) is 4.86. The zero-order chi connectivity index (χ0) is 29.3. The van der Waals surface area contributed by atoms with Crippen molar-refractivity contribution in [1.29, 1.82) is 5.26 Å². The Morgan fingerprint density at radius 1 is 1.32 bits per heavy atom. The minimum atomic E-state index is -3.47. The minimum Gasteiger partial charge on any atom is -0.483 e. The van der Waals surface area contributed by atoms with Gasteiger partial charge in [-0.25, -0.2) is 18.7 Å². The molecule has 0 spiro atoms. The number of nitrogens with one attached hydrogen (secondary N) is 1. The summed E-state index contributed by atoms with van der Waals surface area (Å²) in [6, 6.07) is 7.89. The topological polar surface area (TPSA) is 166 Å². The van der Waals surface area contributed by atoms with E-state index in [0.717, 1.165) is 10.5 Å². The van der Waals surface area contributed by atoms with Crippen LogP contribution in [-0.2, 0) is 16.6 Å². The number of hydrogen-bond donors (Lipinski definition) is 3. The minimum absolute atomic E-state index is 0.00556. The number of aryl methyl sites for hydroxylation is 1. The molecule has 0 radical (unpaired) electrons. The Kier molecular flexibility index (Phi) is 7.65. The van der Waals surface area contributed by atoms with Gasteiger partial charge >= 0.3 is 5.92 Å². The molecule has 0 bridgehead atoms. The number of rotatable bonds is 8. The van der Waals surface area contributed by atoms with E-state index in [0.29, 0.717) is 17.7 Å². The van der Waals surface area contributed by atoms with E-state index in [1.807, 2.05) is 19.3 Å². The maximum atomic E-state index is 14.8. The molecule has 2 amide bonds. The van der Waals surface area contributed by atoms with Gasteiger partial charge in [0.15, 0.2) is 12.2 Å². The van der Waals surface area contributed by atoms with E-state index < -0.39 is 37.2 Å². The van der Waals surface area contributed by atoms with Crippen LogP contribution >= 0.6 is 0 Å². The Hall–Kier alpha value is -4.48. The highest BCUT2D eigenvalue weighted by atomic mass is 19.3. The molecule has 2 aliphatic rings. The van der Waals surface area contributed by atoms with Gasteiger partial charge in [0.1, 0.15) is 24.0 Å². The summed E-state index contributed by atoms with van der Waals surface area (Å²) in [5.41, 5.74) is 1.88. The normalized spacial score (nSPS) is 22.0. The summed E-state index contributed by atoms with van der Waals surface area (Å²) >= 11 is 0. The van der Waals surface area contributed by atoms with Gasteiger partial charge in [-0.3, -0.25) is 14.3 Å². The van der Waals surface area contributed by atoms with E-state index in [2.05, 4.69) is 20.4 Å². The van der Waals surface area contributed by atoms with E-state index in [9.17, 15) is 28.7 Å². The van der Waals surface area contributed by atoms with E-state index in [-0.39, 0.29) is 47.8 Å². The standard InChI is InChI=1S/C27H27F2N7O5/c1-35-11-17(10-33-35)18-7-19(18)25(39)34-24-8-20(31-14-32-24)15-2-3-22(16(6-15)9-30)41-23-4-5-36(13-27(23,28)29)26(40)21(38)12-37/h2-3,6,8,10-11,14,18-19,21,23,37-38H,4-5,7,12-13H2,1H3,(H,31,32,34,39)/t18?,19?,21-,23-/m0/s1. The van der Waals surface area contributed by atoms with Gasteiger partial charge in [0.05, 0.1) is 30.6 Å². The first kappa shape index (κ1) is 28.1. The highest BCUT2D eigenvalue weighted by Crippen LogP contribution is 2.47. The summed E-state index contributed by atoms with van der Waals surface area (Å²) in [5, 5.41) is 35.1. The van der Waals surface area contributed by atoms with Crippen LogP contribution in [0.5, 0.6) is 5.75 Å². The van der Waals surface area contributed by atoms with Crippen LogP contribution in [0.15, 0.2) is 43.0 Å². The quantitative estimate of drug-likeness (QED) is 0.365. The van der Waals surface area contributed by atoms with Crippen molar-refractivity contribution in [3.63, 3.8) is 0 Å². The van der Waals surface area contributed by atoms with Gasteiger partial charge < -0.3 is 25.2 Å². The first-order valence-electron chi connectivity index (χ1n) is 12.9. The van der Waals surface area contributed by atoms with Crippen molar-refractivity contribution in [2.75, 3.05) is 25.0 Å². The van der Waals surface area contributed by atoms with Gasteiger partial charge in [-0.2, -0.15) is 10.4 Å². The number of nitrogens with zero attached hydrogens (tertiary/aromatic N) is 6. The summed E-state index contributed by atoms with van der Waals surface area (Å²) in [6.07, 6.45) is 1.98. The van der Waals surface area contributed by atoms with Crippen LogP contribution in [0.25, 0.3) is 11.3 Å². The molecular formula is C27H27F2N7O5. The first-order valence-corrected chi connectivity index (χ1v) is 12.9. The highest BCUT2D eigenvalue weighted by molar-refractivity contribution is 5.94. The molecule has 214 valence electrons. The molecule has 5 rings (SSSR count). The van der Waals surface area contributed by atoms with Crippen molar-refractivity contribution in [3.05, 3.63) is 54.1 Å². The molecule has 1 saturated carbocycles. The van der Waals surface area contributed by atoms with Crippen molar-refractivity contribution in [3.8, 4) is 23.1 Å². The second kappa shape index (κ2) is 11.2. The SMILES string of the molecule is Cn1cc(C2CC2C(=O)Nc2cc(-c3ccc(O[C@H]4CCN(C(=O)[C@@H](O)CO)CC4(F)F)c(C#N)c3)ncn2)cn1. The number of nitriles is 1. The van der Waals surface area contributed by atoms with Crippen molar-refractivity contribution in [2.24, 2.45) is 13.0 Å². The average Bonchev–Trinajstić information content (AvgIpc) is 3.66. The molecular weight excluding hydrogens is 540 g/mol. The van der Waals surface area contributed by atoms with E-state index in [1.54, 1.807) is 23.0 Å². The van der Waals surface area contributed by atoms with Crippen molar-refractivity contribution < 1.29 is 33.3 Å². The van der Waals surface area contributed by atoms with Gasteiger partial charge in [0.2, 0.25) is 5.91 Å². The third kappa shape index (κ3) is 6.01. The number of carbonyl (C=O) groups is 2. The second-order valence-corrected chi connectivity index (χ2v) is 10.1. The number of aliphatic hydroxyl groups is 2. The molecule has 1 aliphatic heterocycles. The van der Waals surface area contributed by atoms with Crippen LogP contribution in [0.4, 0.5) is 14.6 Å². The lowest BCUT2D eigenvalue weighted by Gasteiger charge is -2.38. The van der Waals surface area contributed by atoms with Crippen LogP contribution in [0.3, 0.4) is 0 Å². The Bertz CT molecular complexity index is 1510. The lowest BCUT2D eigenvalue weighted by molar-refractivity contribution is -0.167. The zero-order valence-electron chi connectivity index (χ0n) is 21.9. The van der Waals surface area contributed by atoms with Gasteiger partial charge in [0.25, 0.3) is 5.91 Å². The van der Waals surface area contributed by atoms with Gasteiger partial charge in [-0.05, 0) is 36.1 Å². The summed E-state index contributed by atoms with van der Waals surface area (Å²) in [4.78, 5) is 33.9. The smallest absolute Gasteiger partial charge is 0.301 e. The molecule has 4 atom stereocenters. The first-order chi connectivity index (χ1) is 19.6. The third-order valence-corrected chi connectivity index (χ3v) is 7.17. The Morgan fingerprint density at radius 2 is 2.12 bits per heavy atom. The Morgan fingerprint density at radius 3 is 2.80 bits per heavy atom. The summed E-state index contributed by atoms with van der Waals surface area (Å²) in [7, 11) is 1.82. The monoisotopic (exact) mass is 567 g/mol. The Labute approximate surface area is 233 Å². The maximum absolute atomic E-state index is 14.8. The van der Waals surface area contributed by atoms with E-state index in [4.69, 9.17) is 9.84 Å². The predicted octanol–water partition coefficient (Wildman–Crippen LogP) is 1.46. The molecule has 12 nitrogen and oxygen atoms in total. The van der Waals surface area contributed by atoms with Crippen molar-refractivity contribution >= 4 is 17.6 Å². The number of ether oxygens (including phenoxy) is 1. The van der Waals surface area contributed by atoms with Crippen LogP contribution in [0.1, 0.15) is 29.9 Å². The van der Waals surface area contributed by atoms with Crippen LogP contribution < -0.4 is 10.1 Å². The number of benzene rings is 1. The van der Waals surface area contributed by atoms with Gasteiger partial charge in [-0.15, -0.1) is 0 Å². The number of alkyl halides is 2.